The van der Waals surface area contributed by atoms with Gasteiger partial charge in [-0.1, -0.05) is 10.3 Å². The van der Waals surface area contributed by atoms with Crippen LogP contribution in [0.1, 0.15) is 6.92 Å². The molecule has 0 unspecified atom stereocenters. The first kappa shape index (κ1) is 23.4. The van der Waals surface area contributed by atoms with Crippen molar-refractivity contribution in [1.29, 1.82) is 0 Å². The first-order valence-electron chi connectivity index (χ1n) is 6.63. The van der Waals surface area contributed by atoms with Gasteiger partial charge in [0.1, 0.15) is 5.04 Å². The predicted molar refractivity (Wildman–Crippen MR) is 102 cm³/mol. The van der Waals surface area contributed by atoms with E-state index in [9.17, 15) is 14.4 Å². The summed E-state index contributed by atoms with van der Waals surface area (Å²) in [5.41, 5.74) is 0. The van der Waals surface area contributed by atoms with Crippen LogP contribution in [0, 0.1) is 0 Å². The summed E-state index contributed by atoms with van der Waals surface area (Å²) in [4.78, 5) is 46.0. The summed E-state index contributed by atoms with van der Waals surface area (Å²) in [5, 5.41) is 7.72. The van der Waals surface area contributed by atoms with E-state index in [2.05, 4.69) is 15.1 Å². The zero-order valence-electron chi connectivity index (χ0n) is 15.0. The zero-order chi connectivity index (χ0) is 19.6. The standard InChI is InChI=1S/C12H21N5O5S3/c1-8(23-6)13-21-11(19)16(4)25-17(5)12(20)22-14-9(24-7)10(18)15(2)3/h1-7H3/b13-8-,14-9-. The number of oxime groups is 2. The fourth-order valence-electron chi connectivity index (χ4n) is 0.941. The van der Waals surface area contributed by atoms with Gasteiger partial charge in [0.25, 0.3) is 5.91 Å². The largest absolute Gasteiger partial charge is 0.447 e. The third-order valence-corrected chi connectivity index (χ3v) is 4.39. The van der Waals surface area contributed by atoms with Gasteiger partial charge in [-0.05, 0) is 19.4 Å². The van der Waals surface area contributed by atoms with Gasteiger partial charge in [-0.3, -0.25) is 14.5 Å². The number of rotatable bonds is 4. The molecule has 0 saturated carbocycles. The molecule has 0 spiro atoms. The molecule has 0 aromatic rings. The number of carbonyl (C=O) groups excluding carboxylic acids is 3. The molecule has 0 radical (unpaired) electrons. The lowest BCUT2D eigenvalue weighted by molar-refractivity contribution is -0.121. The summed E-state index contributed by atoms with van der Waals surface area (Å²) in [6, 6.07) is 0. The lowest BCUT2D eigenvalue weighted by atomic mass is 10.6. The maximum absolute atomic E-state index is 11.9. The van der Waals surface area contributed by atoms with Crippen molar-refractivity contribution in [3.8, 4) is 0 Å². The van der Waals surface area contributed by atoms with Crippen LogP contribution in [-0.4, -0.2) is 82.4 Å². The second-order valence-electron chi connectivity index (χ2n) is 4.41. The number of thioether (sulfide) groups is 2. The Morgan fingerprint density at radius 2 is 1.32 bits per heavy atom. The highest BCUT2D eigenvalue weighted by Gasteiger charge is 2.20. The van der Waals surface area contributed by atoms with Crippen LogP contribution in [0.5, 0.6) is 0 Å². The van der Waals surface area contributed by atoms with E-state index in [-0.39, 0.29) is 5.04 Å². The average Bonchev–Trinajstić information content (AvgIpc) is 2.58. The van der Waals surface area contributed by atoms with E-state index in [0.29, 0.717) is 5.04 Å². The van der Waals surface area contributed by atoms with Crippen LogP contribution < -0.4 is 0 Å². The van der Waals surface area contributed by atoms with E-state index >= 15 is 0 Å². The molecule has 0 aromatic heterocycles. The Hall–Kier alpha value is -1.60. The van der Waals surface area contributed by atoms with Crippen molar-refractivity contribution in [3.05, 3.63) is 0 Å². The fraction of sp³-hybridized carbons (Fsp3) is 0.583. The number of hydrogen-bond donors (Lipinski definition) is 0. The summed E-state index contributed by atoms with van der Waals surface area (Å²) in [7, 11) is 5.88. The van der Waals surface area contributed by atoms with Crippen molar-refractivity contribution in [2.75, 3.05) is 40.7 Å². The summed E-state index contributed by atoms with van der Waals surface area (Å²) >= 11 is 3.09. The summed E-state index contributed by atoms with van der Waals surface area (Å²) in [5.74, 6) is -0.390. The van der Waals surface area contributed by atoms with Crippen LogP contribution in [0.4, 0.5) is 9.59 Å². The maximum Gasteiger partial charge on any atom is 0.447 e. The highest BCUT2D eigenvalue weighted by atomic mass is 32.2. The minimum Gasteiger partial charge on any atom is -0.343 e. The summed E-state index contributed by atoms with van der Waals surface area (Å²) in [6.45, 7) is 1.69. The van der Waals surface area contributed by atoms with Gasteiger partial charge in [-0.25, -0.2) is 18.2 Å². The van der Waals surface area contributed by atoms with Crippen molar-refractivity contribution in [3.63, 3.8) is 0 Å². The monoisotopic (exact) mass is 411 g/mol. The molecule has 0 atom stereocenters. The molecule has 25 heavy (non-hydrogen) atoms. The van der Waals surface area contributed by atoms with Gasteiger partial charge in [0.15, 0.2) is 0 Å². The third-order valence-electron chi connectivity index (χ3n) is 2.30. The van der Waals surface area contributed by atoms with Crippen LogP contribution >= 0.6 is 35.7 Å². The SMILES string of the molecule is CS/C(C)=N\OC(=O)N(C)SN(C)C(=O)O/N=C(\SC)C(=O)N(C)C. The molecule has 0 aliphatic carbocycles. The van der Waals surface area contributed by atoms with E-state index < -0.39 is 18.1 Å². The van der Waals surface area contributed by atoms with E-state index in [1.54, 1.807) is 33.5 Å². The lowest BCUT2D eigenvalue weighted by Crippen LogP contribution is -2.30. The molecule has 0 heterocycles. The van der Waals surface area contributed by atoms with Gasteiger partial charge in [0.05, 0.1) is 12.1 Å². The molecule has 3 amide bonds. The number of carbonyl (C=O) groups is 3. The molecule has 13 heteroatoms. The second-order valence-corrected chi connectivity index (χ2v) is 7.46. The minimum atomic E-state index is -0.869. The molecule has 10 nitrogen and oxygen atoms in total. The summed E-state index contributed by atoms with van der Waals surface area (Å²) < 4.78 is 2.05. The molecular formula is C12H21N5O5S3. The molecular weight excluding hydrogens is 390 g/mol. The van der Waals surface area contributed by atoms with E-state index in [1.807, 2.05) is 0 Å². The van der Waals surface area contributed by atoms with Gasteiger partial charge in [0, 0.05) is 28.2 Å². The Bertz CT molecular complexity index is 555. The fourth-order valence-corrected chi connectivity index (χ4v) is 2.09. The van der Waals surface area contributed by atoms with Gasteiger partial charge in [-0.15, -0.1) is 23.5 Å². The Morgan fingerprint density at radius 3 is 1.72 bits per heavy atom. The van der Waals surface area contributed by atoms with Crippen LogP contribution in [-0.2, 0) is 14.5 Å². The smallest absolute Gasteiger partial charge is 0.343 e. The lowest BCUT2D eigenvalue weighted by Gasteiger charge is -2.19. The van der Waals surface area contributed by atoms with Crippen molar-refractivity contribution in [2.24, 2.45) is 10.3 Å². The molecule has 0 N–H and O–H groups in total. The molecule has 0 aliphatic rings. The van der Waals surface area contributed by atoms with Crippen molar-refractivity contribution < 1.29 is 24.1 Å². The maximum atomic E-state index is 11.9. The van der Waals surface area contributed by atoms with Gasteiger partial charge in [0.2, 0.25) is 5.04 Å². The van der Waals surface area contributed by atoms with E-state index in [1.165, 1.54) is 30.8 Å². The first-order chi connectivity index (χ1) is 11.6. The molecule has 142 valence electrons. The van der Waals surface area contributed by atoms with Crippen molar-refractivity contribution in [1.82, 2.24) is 13.5 Å². The normalized spacial score (nSPS) is 11.6. The topological polar surface area (TPSA) is 104 Å². The zero-order valence-corrected chi connectivity index (χ0v) is 17.5. The second kappa shape index (κ2) is 11.9. The van der Waals surface area contributed by atoms with Crippen molar-refractivity contribution >= 4 is 63.8 Å². The van der Waals surface area contributed by atoms with E-state index in [0.717, 1.165) is 32.5 Å². The first-order valence-corrected chi connectivity index (χ1v) is 9.81. The number of nitrogens with zero attached hydrogens (tertiary/aromatic N) is 5. The highest BCUT2D eigenvalue weighted by molar-refractivity contribution is 8.15. The Balaban J connectivity index is 4.64. The molecule has 0 rings (SSSR count). The molecule has 0 saturated heterocycles. The van der Waals surface area contributed by atoms with Gasteiger partial charge < -0.3 is 4.90 Å². The molecule has 0 aliphatic heterocycles. The van der Waals surface area contributed by atoms with Crippen LogP contribution in [0.3, 0.4) is 0 Å². The molecule has 0 bridgehead atoms. The molecule has 0 fully saturated rings. The average molecular weight is 412 g/mol. The van der Waals surface area contributed by atoms with Crippen molar-refractivity contribution in [2.45, 2.75) is 6.92 Å². The van der Waals surface area contributed by atoms with Gasteiger partial charge in [-0.2, -0.15) is 0 Å². The summed E-state index contributed by atoms with van der Waals surface area (Å²) in [6.07, 6.45) is 1.79. The Morgan fingerprint density at radius 1 is 0.840 bits per heavy atom. The predicted octanol–water partition coefficient (Wildman–Crippen LogP) is 2.15. The van der Waals surface area contributed by atoms with Crippen LogP contribution in [0.15, 0.2) is 10.3 Å². The Kier molecular flexibility index (Phi) is 11.1. The van der Waals surface area contributed by atoms with Crippen LogP contribution in [0.2, 0.25) is 0 Å². The Labute approximate surface area is 159 Å². The quantitative estimate of drug-likeness (QED) is 0.228. The highest BCUT2D eigenvalue weighted by Crippen LogP contribution is 2.15. The van der Waals surface area contributed by atoms with E-state index in [4.69, 9.17) is 4.84 Å². The van der Waals surface area contributed by atoms with Crippen LogP contribution in [0.25, 0.3) is 0 Å². The third kappa shape index (κ3) is 8.88. The minimum absolute atomic E-state index is 0.0198. The molecule has 0 aromatic carbocycles. The number of hydrogen-bond acceptors (Lipinski definition) is 10. The van der Waals surface area contributed by atoms with Gasteiger partial charge >= 0.3 is 12.2 Å². The number of amides is 3.